The van der Waals surface area contributed by atoms with Crippen molar-refractivity contribution in [2.75, 3.05) is 27.3 Å². The molecule has 0 aliphatic rings. The summed E-state index contributed by atoms with van der Waals surface area (Å²) in [6, 6.07) is 3.24. The smallest absolute Gasteiger partial charge is 0.265 e. The minimum atomic E-state index is -0.247. The van der Waals surface area contributed by atoms with Gasteiger partial charge in [-0.2, -0.15) is 0 Å². The van der Waals surface area contributed by atoms with Crippen LogP contribution in [0.3, 0.4) is 0 Å². The number of carbonyl (C=O) groups is 1. The van der Waals surface area contributed by atoms with E-state index in [4.69, 9.17) is 21.1 Å². The molecule has 0 bridgehead atoms. The largest absolute Gasteiger partial charge is 0.490 e. The molecular formula is C15H23ClN2O3. The number of ether oxygens (including phenoxy) is 2. The Kier molecular flexibility index (Phi) is 7.32. The van der Waals surface area contributed by atoms with E-state index in [1.807, 2.05) is 6.92 Å². The van der Waals surface area contributed by atoms with Gasteiger partial charge in [-0.05, 0) is 25.5 Å². The SMILES string of the molecule is CCCCOc1c(Cl)cc(C(=O)NN(C)C)cc1OCC. The second kappa shape index (κ2) is 8.74. The van der Waals surface area contributed by atoms with Gasteiger partial charge in [0, 0.05) is 19.7 Å². The Labute approximate surface area is 131 Å². The lowest BCUT2D eigenvalue weighted by Gasteiger charge is -2.16. The molecular weight excluding hydrogens is 292 g/mol. The highest BCUT2D eigenvalue weighted by atomic mass is 35.5. The van der Waals surface area contributed by atoms with Gasteiger partial charge in [0.15, 0.2) is 11.5 Å². The molecule has 0 heterocycles. The molecule has 5 nitrogen and oxygen atoms in total. The van der Waals surface area contributed by atoms with Crippen LogP contribution in [-0.4, -0.2) is 38.2 Å². The molecule has 1 N–H and O–H groups in total. The van der Waals surface area contributed by atoms with Gasteiger partial charge in [0.2, 0.25) is 0 Å². The number of rotatable bonds is 8. The van der Waals surface area contributed by atoms with Gasteiger partial charge in [-0.15, -0.1) is 0 Å². The predicted octanol–water partition coefficient (Wildman–Crippen LogP) is 3.12. The minimum Gasteiger partial charge on any atom is -0.490 e. The summed E-state index contributed by atoms with van der Waals surface area (Å²) >= 11 is 6.23. The molecule has 1 aromatic carbocycles. The third-order valence-corrected chi connectivity index (χ3v) is 2.92. The quantitative estimate of drug-likeness (QED) is 0.591. The standard InChI is InChI=1S/C15H23ClN2O3/c1-5-7-8-21-14-12(16)9-11(10-13(14)20-6-2)15(19)17-18(3)4/h9-10H,5-8H2,1-4H3,(H,17,19). The molecule has 0 aliphatic heterocycles. The molecule has 1 amide bonds. The number of halogens is 1. The molecule has 0 spiro atoms. The van der Waals surface area contributed by atoms with Crippen molar-refractivity contribution in [2.45, 2.75) is 26.7 Å². The van der Waals surface area contributed by atoms with Gasteiger partial charge in [-0.25, -0.2) is 5.01 Å². The highest BCUT2D eigenvalue weighted by molar-refractivity contribution is 6.32. The summed E-state index contributed by atoms with van der Waals surface area (Å²) in [5.74, 6) is 0.737. The molecule has 0 fully saturated rings. The molecule has 1 rings (SSSR count). The summed E-state index contributed by atoms with van der Waals surface area (Å²) in [5, 5.41) is 1.95. The number of nitrogens with one attached hydrogen (secondary N) is 1. The van der Waals surface area contributed by atoms with Gasteiger partial charge in [0.1, 0.15) is 0 Å². The highest BCUT2D eigenvalue weighted by Crippen LogP contribution is 2.36. The molecule has 0 atom stereocenters. The lowest BCUT2D eigenvalue weighted by atomic mass is 10.2. The van der Waals surface area contributed by atoms with Crippen molar-refractivity contribution in [3.05, 3.63) is 22.7 Å². The first-order valence-electron chi connectivity index (χ1n) is 7.07. The second-order valence-corrected chi connectivity index (χ2v) is 5.16. The Hall–Kier alpha value is -1.46. The van der Waals surface area contributed by atoms with Crippen molar-refractivity contribution >= 4 is 17.5 Å². The molecule has 0 saturated heterocycles. The van der Waals surface area contributed by atoms with Crippen LogP contribution >= 0.6 is 11.6 Å². The fourth-order valence-electron chi connectivity index (χ4n) is 1.69. The summed E-state index contributed by atoms with van der Waals surface area (Å²) in [7, 11) is 3.48. The average Bonchev–Trinajstić information content (AvgIpc) is 2.41. The zero-order valence-corrected chi connectivity index (χ0v) is 13.8. The maximum absolute atomic E-state index is 12.0. The Morgan fingerprint density at radius 1 is 1.29 bits per heavy atom. The van der Waals surface area contributed by atoms with Gasteiger partial charge in [0.05, 0.1) is 18.2 Å². The van der Waals surface area contributed by atoms with Crippen molar-refractivity contribution in [2.24, 2.45) is 0 Å². The number of nitrogens with zero attached hydrogens (tertiary/aromatic N) is 1. The summed E-state index contributed by atoms with van der Waals surface area (Å²) in [6.07, 6.45) is 1.97. The number of hydrazine groups is 1. The van der Waals surface area contributed by atoms with E-state index in [0.717, 1.165) is 12.8 Å². The predicted molar refractivity (Wildman–Crippen MR) is 84.2 cm³/mol. The Balaban J connectivity index is 3.02. The molecule has 0 radical (unpaired) electrons. The van der Waals surface area contributed by atoms with Crippen LogP contribution in [0.4, 0.5) is 0 Å². The first-order chi connectivity index (χ1) is 9.99. The van der Waals surface area contributed by atoms with Crippen molar-refractivity contribution < 1.29 is 14.3 Å². The van der Waals surface area contributed by atoms with Crippen LogP contribution in [0.5, 0.6) is 11.5 Å². The summed E-state index contributed by atoms with van der Waals surface area (Å²) in [5.41, 5.74) is 3.10. The Morgan fingerprint density at radius 2 is 2.00 bits per heavy atom. The van der Waals surface area contributed by atoms with Crippen molar-refractivity contribution in [1.29, 1.82) is 0 Å². The number of hydrogen-bond donors (Lipinski definition) is 1. The van der Waals surface area contributed by atoms with Crippen molar-refractivity contribution in [1.82, 2.24) is 10.4 Å². The second-order valence-electron chi connectivity index (χ2n) is 4.76. The molecule has 6 heteroatoms. The fraction of sp³-hybridized carbons (Fsp3) is 0.533. The molecule has 118 valence electrons. The number of carbonyl (C=O) groups excluding carboxylic acids is 1. The number of amides is 1. The number of benzene rings is 1. The Morgan fingerprint density at radius 3 is 2.57 bits per heavy atom. The molecule has 0 unspecified atom stereocenters. The lowest BCUT2D eigenvalue weighted by Crippen LogP contribution is -2.36. The van der Waals surface area contributed by atoms with E-state index in [0.29, 0.717) is 35.3 Å². The molecule has 0 aliphatic carbocycles. The first-order valence-corrected chi connectivity index (χ1v) is 7.44. The van der Waals surface area contributed by atoms with Gasteiger partial charge >= 0.3 is 0 Å². The normalized spacial score (nSPS) is 10.6. The zero-order valence-electron chi connectivity index (χ0n) is 13.0. The van der Waals surface area contributed by atoms with E-state index in [1.165, 1.54) is 0 Å². The molecule has 21 heavy (non-hydrogen) atoms. The fourth-order valence-corrected chi connectivity index (χ4v) is 1.95. The third-order valence-electron chi connectivity index (χ3n) is 2.64. The maximum atomic E-state index is 12.0. The van der Waals surface area contributed by atoms with E-state index in [2.05, 4.69) is 12.3 Å². The maximum Gasteiger partial charge on any atom is 0.265 e. The van der Waals surface area contributed by atoms with Gasteiger partial charge in [0.25, 0.3) is 5.91 Å². The van der Waals surface area contributed by atoms with Gasteiger partial charge in [-0.3, -0.25) is 10.2 Å². The highest BCUT2D eigenvalue weighted by Gasteiger charge is 2.16. The van der Waals surface area contributed by atoms with Crippen LogP contribution in [0.1, 0.15) is 37.0 Å². The third kappa shape index (κ3) is 5.44. The average molecular weight is 315 g/mol. The number of unbranched alkanes of at least 4 members (excludes halogenated alkanes) is 1. The van der Waals surface area contributed by atoms with Crippen LogP contribution in [-0.2, 0) is 0 Å². The van der Waals surface area contributed by atoms with E-state index in [9.17, 15) is 4.79 Å². The topological polar surface area (TPSA) is 50.8 Å². The lowest BCUT2D eigenvalue weighted by molar-refractivity contribution is 0.0856. The van der Waals surface area contributed by atoms with E-state index < -0.39 is 0 Å². The van der Waals surface area contributed by atoms with Crippen LogP contribution in [0.2, 0.25) is 5.02 Å². The molecule has 0 saturated carbocycles. The summed E-state index contributed by atoms with van der Waals surface area (Å²) < 4.78 is 11.2. The zero-order chi connectivity index (χ0) is 15.8. The molecule has 1 aromatic rings. The summed E-state index contributed by atoms with van der Waals surface area (Å²) in [4.78, 5) is 12.0. The minimum absolute atomic E-state index is 0.247. The van der Waals surface area contributed by atoms with E-state index >= 15 is 0 Å². The van der Waals surface area contributed by atoms with Crippen LogP contribution < -0.4 is 14.9 Å². The summed E-state index contributed by atoms with van der Waals surface area (Å²) in [6.45, 7) is 5.00. The van der Waals surface area contributed by atoms with Crippen LogP contribution in [0.25, 0.3) is 0 Å². The monoisotopic (exact) mass is 314 g/mol. The molecule has 0 aromatic heterocycles. The van der Waals surface area contributed by atoms with Crippen LogP contribution in [0.15, 0.2) is 12.1 Å². The van der Waals surface area contributed by atoms with E-state index in [-0.39, 0.29) is 5.91 Å². The van der Waals surface area contributed by atoms with Gasteiger partial charge in [-0.1, -0.05) is 24.9 Å². The first kappa shape index (κ1) is 17.6. The van der Waals surface area contributed by atoms with Crippen LogP contribution in [0, 0.1) is 0 Å². The van der Waals surface area contributed by atoms with E-state index in [1.54, 1.807) is 31.2 Å². The van der Waals surface area contributed by atoms with Gasteiger partial charge < -0.3 is 9.47 Å². The van der Waals surface area contributed by atoms with Crippen molar-refractivity contribution in [3.63, 3.8) is 0 Å². The Bertz CT molecular complexity index is 478. The number of hydrogen-bond acceptors (Lipinski definition) is 4. The van der Waals surface area contributed by atoms with Crippen molar-refractivity contribution in [3.8, 4) is 11.5 Å².